The maximum absolute atomic E-state index is 5.13. The number of methoxy groups -OCH3 is 1. The van der Waals surface area contributed by atoms with Gasteiger partial charge in [-0.25, -0.2) is 9.97 Å². The molecule has 0 fully saturated rings. The van der Waals surface area contributed by atoms with E-state index in [1.807, 2.05) is 24.1 Å². The lowest BCUT2D eigenvalue weighted by molar-refractivity contribution is 0.197. The Bertz CT molecular complexity index is 570. The minimum atomic E-state index is 0.0498. The molecule has 2 aromatic heterocycles. The van der Waals surface area contributed by atoms with Gasteiger partial charge in [-0.3, -0.25) is 0 Å². The summed E-state index contributed by atoms with van der Waals surface area (Å²) in [5.74, 6) is 0. The topological polar surface area (TPSA) is 52.0 Å². The molecule has 0 radical (unpaired) electrons. The first-order chi connectivity index (χ1) is 9.93. The first-order valence-corrected chi connectivity index (χ1v) is 7.96. The third-order valence-corrected chi connectivity index (χ3v) is 4.25. The van der Waals surface area contributed by atoms with Crippen LogP contribution in [0.1, 0.15) is 43.2 Å². The second kappa shape index (κ2) is 6.68. The van der Waals surface area contributed by atoms with Crippen molar-refractivity contribution in [3.63, 3.8) is 0 Å². The molecule has 5 nitrogen and oxygen atoms in total. The van der Waals surface area contributed by atoms with E-state index >= 15 is 0 Å². The molecule has 1 unspecified atom stereocenters. The Kier molecular flexibility index (Phi) is 5.13. The Morgan fingerprint density at radius 3 is 2.71 bits per heavy atom. The fourth-order valence-electron chi connectivity index (χ4n) is 2.03. The van der Waals surface area contributed by atoms with Crippen molar-refractivity contribution < 1.29 is 4.74 Å². The number of rotatable bonds is 6. The van der Waals surface area contributed by atoms with Crippen LogP contribution in [-0.4, -0.2) is 34.8 Å². The van der Waals surface area contributed by atoms with Crippen LogP contribution in [0.4, 0.5) is 0 Å². The highest BCUT2D eigenvalue weighted by Crippen LogP contribution is 2.29. The van der Waals surface area contributed by atoms with E-state index in [1.165, 1.54) is 0 Å². The van der Waals surface area contributed by atoms with Gasteiger partial charge in [0.1, 0.15) is 11.0 Å². The van der Waals surface area contributed by atoms with Crippen LogP contribution >= 0.6 is 11.3 Å². The molecule has 2 aromatic rings. The lowest BCUT2D eigenvalue weighted by atomic mass is 9.93. The van der Waals surface area contributed by atoms with Gasteiger partial charge in [0.15, 0.2) is 0 Å². The van der Waals surface area contributed by atoms with Crippen LogP contribution < -0.4 is 5.32 Å². The Hall–Kier alpha value is -1.24. The van der Waals surface area contributed by atoms with E-state index in [0.717, 1.165) is 22.9 Å². The Morgan fingerprint density at radius 1 is 1.43 bits per heavy atom. The summed E-state index contributed by atoms with van der Waals surface area (Å²) < 4.78 is 7.16. The third kappa shape index (κ3) is 3.90. The molecule has 0 saturated carbocycles. The average molecular weight is 308 g/mol. The number of ether oxygens (including phenoxy) is 1. The molecule has 0 aliphatic rings. The second-order valence-electron chi connectivity index (χ2n) is 6.13. The first-order valence-electron chi connectivity index (χ1n) is 7.08. The van der Waals surface area contributed by atoms with Crippen molar-refractivity contribution in [2.75, 3.05) is 20.3 Å². The fourth-order valence-corrected chi connectivity index (χ4v) is 3.16. The third-order valence-electron chi connectivity index (χ3n) is 3.34. The summed E-state index contributed by atoms with van der Waals surface area (Å²) in [5.41, 5.74) is 2.31. The van der Waals surface area contributed by atoms with Gasteiger partial charge in [0, 0.05) is 31.5 Å². The van der Waals surface area contributed by atoms with Crippen LogP contribution in [0.5, 0.6) is 0 Å². The minimum absolute atomic E-state index is 0.0498. The number of hydrogen-bond donors (Lipinski definition) is 1. The molecule has 1 atom stereocenters. The molecule has 21 heavy (non-hydrogen) atoms. The lowest BCUT2D eigenvalue weighted by Gasteiger charge is -2.18. The molecule has 116 valence electrons. The molecule has 0 aliphatic heterocycles. The molecule has 0 aromatic carbocycles. The van der Waals surface area contributed by atoms with Crippen molar-refractivity contribution in [1.29, 1.82) is 0 Å². The molecule has 0 amide bonds. The van der Waals surface area contributed by atoms with E-state index in [-0.39, 0.29) is 11.5 Å². The number of hydrogen-bond acceptors (Lipinski definition) is 5. The molecule has 0 saturated heterocycles. The highest BCUT2D eigenvalue weighted by Gasteiger charge is 2.23. The number of imidazole rings is 1. The number of aromatic nitrogens is 3. The zero-order chi connectivity index (χ0) is 15.5. The van der Waals surface area contributed by atoms with Gasteiger partial charge in [0.2, 0.25) is 0 Å². The van der Waals surface area contributed by atoms with Gasteiger partial charge < -0.3 is 14.6 Å². The van der Waals surface area contributed by atoms with Crippen LogP contribution in [0.3, 0.4) is 0 Å². The zero-order valence-electron chi connectivity index (χ0n) is 13.4. The van der Waals surface area contributed by atoms with Crippen molar-refractivity contribution in [1.82, 2.24) is 19.9 Å². The molecular formula is C15H24N4OS. The quantitative estimate of drug-likeness (QED) is 0.833. The fraction of sp³-hybridized carbons (Fsp3) is 0.600. The second-order valence-corrected chi connectivity index (χ2v) is 7.02. The predicted molar refractivity (Wildman–Crippen MR) is 85.7 cm³/mol. The van der Waals surface area contributed by atoms with Gasteiger partial charge in [0.25, 0.3) is 0 Å². The van der Waals surface area contributed by atoms with E-state index in [4.69, 9.17) is 9.72 Å². The van der Waals surface area contributed by atoms with Crippen LogP contribution in [0, 0.1) is 0 Å². The standard InChI is InChI=1S/C15H24N4OS/c1-15(2,3)12-9-21-14(18-12)13(17-6-7-20-5)11-8-16-10-19(11)4/h8-10,13,17H,6-7H2,1-5H3. The summed E-state index contributed by atoms with van der Waals surface area (Å²) in [5, 5.41) is 6.73. The SMILES string of the molecule is COCCNC(c1nc(C(C)(C)C)cs1)c1cncn1C. The maximum atomic E-state index is 5.13. The number of nitrogens with one attached hydrogen (secondary N) is 1. The number of thiazole rings is 1. The van der Waals surface area contributed by atoms with Crippen LogP contribution in [0.15, 0.2) is 17.9 Å². The lowest BCUT2D eigenvalue weighted by Crippen LogP contribution is -2.27. The summed E-state index contributed by atoms with van der Waals surface area (Å²) >= 11 is 1.69. The molecule has 6 heteroatoms. The molecule has 0 aliphatic carbocycles. The average Bonchev–Trinajstić information content (AvgIpc) is 3.03. The molecule has 2 rings (SSSR count). The van der Waals surface area contributed by atoms with E-state index in [2.05, 4.69) is 36.5 Å². The van der Waals surface area contributed by atoms with Crippen LogP contribution in [0.2, 0.25) is 0 Å². The van der Waals surface area contributed by atoms with Gasteiger partial charge in [-0.05, 0) is 0 Å². The molecular weight excluding hydrogens is 284 g/mol. The van der Waals surface area contributed by atoms with E-state index in [0.29, 0.717) is 6.61 Å². The van der Waals surface area contributed by atoms with E-state index in [9.17, 15) is 0 Å². The predicted octanol–water partition coefficient (Wildman–Crippen LogP) is 2.50. The summed E-state index contributed by atoms with van der Waals surface area (Å²) in [7, 11) is 3.72. The number of nitrogens with zero attached hydrogens (tertiary/aromatic N) is 3. The van der Waals surface area contributed by atoms with Crippen LogP contribution in [-0.2, 0) is 17.2 Å². The van der Waals surface area contributed by atoms with E-state index in [1.54, 1.807) is 18.4 Å². The summed E-state index contributed by atoms with van der Waals surface area (Å²) in [6, 6.07) is 0.0498. The van der Waals surface area contributed by atoms with Crippen molar-refractivity contribution in [2.45, 2.75) is 32.2 Å². The smallest absolute Gasteiger partial charge is 0.116 e. The summed E-state index contributed by atoms with van der Waals surface area (Å²) in [6.07, 6.45) is 3.71. The van der Waals surface area contributed by atoms with Gasteiger partial charge in [-0.1, -0.05) is 20.8 Å². The largest absolute Gasteiger partial charge is 0.383 e. The summed E-state index contributed by atoms with van der Waals surface area (Å²) in [6.45, 7) is 8.00. The zero-order valence-corrected chi connectivity index (χ0v) is 14.2. The van der Waals surface area contributed by atoms with Gasteiger partial charge in [-0.2, -0.15) is 0 Å². The highest BCUT2D eigenvalue weighted by molar-refractivity contribution is 7.09. The minimum Gasteiger partial charge on any atom is -0.383 e. The van der Waals surface area contributed by atoms with Crippen molar-refractivity contribution in [3.05, 3.63) is 34.3 Å². The Labute approximate surface area is 130 Å². The first kappa shape index (κ1) is 16.1. The maximum Gasteiger partial charge on any atom is 0.116 e. The highest BCUT2D eigenvalue weighted by atomic mass is 32.1. The van der Waals surface area contributed by atoms with Crippen LogP contribution in [0.25, 0.3) is 0 Å². The Balaban J connectivity index is 2.27. The number of aryl methyl sites for hydroxylation is 1. The van der Waals surface area contributed by atoms with E-state index < -0.39 is 0 Å². The van der Waals surface area contributed by atoms with Gasteiger partial charge in [0.05, 0.1) is 30.5 Å². The normalized spacial score (nSPS) is 13.6. The molecule has 1 N–H and O–H groups in total. The van der Waals surface area contributed by atoms with Gasteiger partial charge in [-0.15, -0.1) is 11.3 Å². The van der Waals surface area contributed by atoms with Crippen molar-refractivity contribution >= 4 is 11.3 Å². The van der Waals surface area contributed by atoms with Crippen molar-refractivity contribution in [3.8, 4) is 0 Å². The molecule has 2 heterocycles. The monoisotopic (exact) mass is 308 g/mol. The summed E-state index contributed by atoms with van der Waals surface area (Å²) in [4.78, 5) is 9.05. The molecule has 0 spiro atoms. The van der Waals surface area contributed by atoms with Crippen molar-refractivity contribution in [2.24, 2.45) is 7.05 Å². The molecule has 0 bridgehead atoms. The Morgan fingerprint density at radius 2 is 2.19 bits per heavy atom. The van der Waals surface area contributed by atoms with Gasteiger partial charge >= 0.3 is 0 Å².